The van der Waals surface area contributed by atoms with Crippen LogP contribution in [0, 0.1) is 0 Å². The molecule has 0 aliphatic heterocycles. The van der Waals surface area contributed by atoms with Gasteiger partial charge in [-0.05, 0) is 31.9 Å². The molecule has 0 unspecified atom stereocenters. The number of likely N-dealkylation sites (N-methyl/N-ethyl adjacent to an activating group) is 1. The van der Waals surface area contributed by atoms with E-state index in [2.05, 4.69) is 22.0 Å². The number of nitrogens with one attached hydrogen (secondary N) is 1. The van der Waals surface area contributed by atoms with E-state index in [9.17, 15) is 14.7 Å². The molecule has 1 aromatic heterocycles. The summed E-state index contributed by atoms with van der Waals surface area (Å²) < 4.78 is 1.45. The summed E-state index contributed by atoms with van der Waals surface area (Å²) in [7, 11) is 2.00. The van der Waals surface area contributed by atoms with Gasteiger partial charge in [0, 0.05) is 24.8 Å². The molecule has 3 atom stereocenters. The van der Waals surface area contributed by atoms with E-state index >= 15 is 0 Å². The summed E-state index contributed by atoms with van der Waals surface area (Å²) in [5.74, 6) is 0. The molecule has 1 aliphatic rings. The Kier molecular flexibility index (Phi) is 4.97. The lowest BCUT2D eigenvalue weighted by atomic mass is 9.87. The van der Waals surface area contributed by atoms with Crippen LogP contribution in [-0.4, -0.2) is 38.8 Å². The first-order valence-corrected chi connectivity index (χ1v) is 8.30. The molecule has 24 heavy (non-hydrogen) atoms. The van der Waals surface area contributed by atoms with Crippen LogP contribution in [-0.2, 0) is 6.54 Å². The van der Waals surface area contributed by atoms with E-state index in [1.165, 1.54) is 22.4 Å². The second-order valence-electron chi connectivity index (χ2n) is 6.47. The Morgan fingerprint density at radius 1 is 1.21 bits per heavy atom. The van der Waals surface area contributed by atoms with E-state index < -0.39 is 17.4 Å². The molecule has 0 saturated heterocycles. The molecule has 3 rings (SSSR count). The number of aliphatic hydroxyl groups is 1. The topological polar surface area (TPSA) is 78.3 Å². The highest BCUT2D eigenvalue weighted by Crippen LogP contribution is 2.31. The second kappa shape index (κ2) is 7.15. The molecule has 2 N–H and O–H groups in total. The van der Waals surface area contributed by atoms with E-state index in [1.807, 2.05) is 25.2 Å². The largest absolute Gasteiger partial charge is 0.389 e. The number of hydrogen-bond donors (Lipinski definition) is 2. The quantitative estimate of drug-likeness (QED) is 0.881. The van der Waals surface area contributed by atoms with Crippen LogP contribution in [0.5, 0.6) is 0 Å². The van der Waals surface area contributed by atoms with Crippen LogP contribution in [0.4, 0.5) is 0 Å². The summed E-state index contributed by atoms with van der Waals surface area (Å²) in [6, 6.07) is 11.1. The number of aromatic nitrogens is 2. The summed E-state index contributed by atoms with van der Waals surface area (Å²) >= 11 is 0. The molecule has 0 spiro atoms. The third-order valence-corrected chi connectivity index (χ3v) is 4.84. The molecule has 6 nitrogen and oxygen atoms in total. The molecular weight excluding hydrogens is 306 g/mol. The summed E-state index contributed by atoms with van der Waals surface area (Å²) in [6.45, 7) is 0.746. The first-order valence-electron chi connectivity index (χ1n) is 8.30. The van der Waals surface area contributed by atoms with Crippen molar-refractivity contribution >= 4 is 0 Å². The van der Waals surface area contributed by atoms with Crippen molar-refractivity contribution in [2.45, 2.75) is 44.0 Å². The molecule has 1 aliphatic carbocycles. The number of aromatic amines is 1. The maximum absolute atomic E-state index is 12.0. The number of rotatable bonds is 4. The molecule has 0 bridgehead atoms. The molecule has 128 valence electrons. The molecule has 1 fully saturated rings. The van der Waals surface area contributed by atoms with Gasteiger partial charge in [-0.25, -0.2) is 4.79 Å². The number of aliphatic hydroxyl groups excluding tert-OH is 1. The van der Waals surface area contributed by atoms with Gasteiger partial charge >= 0.3 is 5.69 Å². The van der Waals surface area contributed by atoms with Crippen molar-refractivity contribution in [3.8, 4) is 0 Å². The Hall–Kier alpha value is -2.18. The number of benzene rings is 1. The smallest absolute Gasteiger partial charge is 0.328 e. The highest BCUT2D eigenvalue weighted by Gasteiger charge is 2.35. The van der Waals surface area contributed by atoms with Gasteiger partial charge in [-0.2, -0.15) is 0 Å². The number of nitrogens with zero attached hydrogens (tertiary/aromatic N) is 2. The van der Waals surface area contributed by atoms with Gasteiger partial charge in [-0.1, -0.05) is 30.3 Å². The fraction of sp³-hybridized carbons (Fsp3) is 0.444. The molecule has 0 radical (unpaired) electrons. The van der Waals surface area contributed by atoms with Crippen LogP contribution in [0.3, 0.4) is 0 Å². The predicted octanol–water partition coefficient (Wildman–Crippen LogP) is 1.12. The maximum Gasteiger partial charge on any atom is 0.328 e. The van der Waals surface area contributed by atoms with Gasteiger partial charge in [0.25, 0.3) is 5.56 Å². The van der Waals surface area contributed by atoms with Crippen LogP contribution >= 0.6 is 0 Å². The molecule has 0 amide bonds. The highest BCUT2D eigenvalue weighted by atomic mass is 16.3. The molecule has 1 aromatic carbocycles. The Balaban J connectivity index is 1.78. The van der Waals surface area contributed by atoms with Crippen LogP contribution < -0.4 is 11.2 Å². The van der Waals surface area contributed by atoms with E-state index in [0.29, 0.717) is 0 Å². The number of H-pyrrole nitrogens is 1. The maximum atomic E-state index is 12.0. The van der Waals surface area contributed by atoms with E-state index in [-0.39, 0.29) is 12.1 Å². The minimum atomic E-state index is -0.656. The molecule has 1 heterocycles. The first kappa shape index (κ1) is 16.7. The zero-order valence-corrected chi connectivity index (χ0v) is 13.8. The minimum Gasteiger partial charge on any atom is -0.389 e. The fourth-order valence-corrected chi connectivity index (χ4v) is 3.60. The zero-order chi connectivity index (χ0) is 17.1. The molecule has 1 saturated carbocycles. The monoisotopic (exact) mass is 329 g/mol. The Labute approximate surface area is 140 Å². The lowest BCUT2D eigenvalue weighted by Gasteiger charge is -2.40. The summed E-state index contributed by atoms with van der Waals surface area (Å²) in [4.78, 5) is 27.7. The van der Waals surface area contributed by atoms with Crippen molar-refractivity contribution in [2.24, 2.45) is 0 Å². The van der Waals surface area contributed by atoms with Gasteiger partial charge in [0.05, 0.1) is 12.1 Å². The SMILES string of the molecule is CN(Cc1ccccc1)[C@@H]1CCC[C@@H](n2ccc(=O)[nH]c2=O)[C@@H]1O. The van der Waals surface area contributed by atoms with E-state index in [1.54, 1.807) is 0 Å². The standard InChI is InChI=1S/C18H23N3O3/c1-20(12-13-6-3-2-4-7-13)14-8-5-9-15(17(14)23)21-11-10-16(22)19-18(21)24/h2-4,6-7,10-11,14-15,17,23H,5,8-9,12H2,1H3,(H,19,22,24)/t14-,15-,17-/m1/s1. The van der Waals surface area contributed by atoms with E-state index in [4.69, 9.17) is 0 Å². The lowest BCUT2D eigenvalue weighted by molar-refractivity contribution is -0.00818. The predicted molar refractivity (Wildman–Crippen MR) is 91.9 cm³/mol. The minimum absolute atomic E-state index is 0.0252. The lowest BCUT2D eigenvalue weighted by Crippen LogP contribution is -2.49. The first-order chi connectivity index (χ1) is 11.6. The normalized spacial score (nSPS) is 24.2. The van der Waals surface area contributed by atoms with Gasteiger partial charge in [0.15, 0.2) is 0 Å². The van der Waals surface area contributed by atoms with Crippen LogP contribution in [0.15, 0.2) is 52.2 Å². The average molecular weight is 329 g/mol. The number of hydrogen-bond acceptors (Lipinski definition) is 4. The fourth-order valence-electron chi connectivity index (χ4n) is 3.60. The van der Waals surface area contributed by atoms with Crippen molar-refractivity contribution in [2.75, 3.05) is 7.05 Å². The average Bonchev–Trinajstić information content (AvgIpc) is 2.56. The van der Waals surface area contributed by atoms with Gasteiger partial charge in [-0.3, -0.25) is 19.2 Å². The van der Waals surface area contributed by atoms with Gasteiger partial charge in [0.1, 0.15) is 0 Å². The summed E-state index contributed by atoms with van der Waals surface area (Å²) in [6.07, 6.45) is 3.37. The van der Waals surface area contributed by atoms with Crippen LogP contribution in [0.25, 0.3) is 0 Å². The summed E-state index contributed by atoms with van der Waals surface area (Å²) in [5, 5.41) is 10.8. The molecular formula is C18H23N3O3. The summed E-state index contributed by atoms with van der Waals surface area (Å²) in [5.41, 5.74) is 0.313. The van der Waals surface area contributed by atoms with Crippen molar-refractivity contribution in [3.05, 3.63) is 69.0 Å². The van der Waals surface area contributed by atoms with Crippen molar-refractivity contribution < 1.29 is 5.11 Å². The van der Waals surface area contributed by atoms with Gasteiger partial charge < -0.3 is 5.11 Å². The van der Waals surface area contributed by atoms with E-state index in [0.717, 1.165) is 25.8 Å². The van der Waals surface area contributed by atoms with Gasteiger partial charge in [0.2, 0.25) is 0 Å². The zero-order valence-electron chi connectivity index (χ0n) is 13.8. The second-order valence-corrected chi connectivity index (χ2v) is 6.47. The van der Waals surface area contributed by atoms with Crippen molar-refractivity contribution in [1.29, 1.82) is 0 Å². The van der Waals surface area contributed by atoms with Crippen molar-refractivity contribution in [3.63, 3.8) is 0 Å². The third-order valence-electron chi connectivity index (χ3n) is 4.84. The Bertz CT molecular complexity index is 784. The highest BCUT2D eigenvalue weighted by molar-refractivity contribution is 5.14. The Morgan fingerprint density at radius 2 is 1.96 bits per heavy atom. The van der Waals surface area contributed by atoms with Crippen LogP contribution in [0.2, 0.25) is 0 Å². The molecule has 2 aromatic rings. The van der Waals surface area contributed by atoms with Crippen molar-refractivity contribution in [1.82, 2.24) is 14.5 Å². The third kappa shape index (κ3) is 3.49. The Morgan fingerprint density at radius 3 is 2.67 bits per heavy atom. The van der Waals surface area contributed by atoms with Gasteiger partial charge in [-0.15, -0.1) is 0 Å². The van der Waals surface area contributed by atoms with Crippen LogP contribution in [0.1, 0.15) is 30.9 Å². The molecule has 6 heteroatoms.